The van der Waals surface area contributed by atoms with Gasteiger partial charge in [-0.1, -0.05) is 36.4 Å². The van der Waals surface area contributed by atoms with Gasteiger partial charge in [0.2, 0.25) is 10.0 Å². The van der Waals surface area contributed by atoms with E-state index in [1.165, 1.54) is 0 Å². The predicted octanol–water partition coefficient (Wildman–Crippen LogP) is 3.62. The molecule has 0 bridgehead atoms. The minimum Gasteiger partial charge on any atom is -0.212 e. The average Bonchev–Trinajstić information content (AvgIpc) is 2.36. The molecule has 0 aromatic heterocycles. The van der Waals surface area contributed by atoms with Gasteiger partial charge < -0.3 is 0 Å². The molecule has 4 heteroatoms. The predicted molar refractivity (Wildman–Crippen MR) is 84.2 cm³/mol. The SMILES string of the molecule is CC(NS(=O)(=O)C(C)(C)C)c1ccc2ccccc2c1. The monoisotopic (exact) mass is 291 g/mol. The van der Waals surface area contributed by atoms with Gasteiger partial charge in [-0.15, -0.1) is 0 Å². The summed E-state index contributed by atoms with van der Waals surface area (Å²) in [6.07, 6.45) is 0. The summed E-state index contributed by atoms with van der Waals surface area (Å²) >= 11 is 0. The van der Waals surface area contributed by atoms with Crippen LogP contribution in [0.2, 0.25) is 0 Å². The standard InChI is InChI=1S/C16H21NO2S/c1-12(17-20(18,19)16(2,3)4)14-10-9-13-7-5-6-8-15(13)11-14/h5-12,17H,1-4H3. The molecule has 0 amide bonds. The second kappa shape index (κ2) is 5.19. The molecular formula is C16H21NO2S. The van der Waals surface area contributed by atoms with E-state index in [4.69, 9.17) is 0 Å². The first-order valence-electron chi connectivity index (χ1n) is 6.71. The highest BCUT2D eigenvalue weighted by molar-refractivity contribution is 7.90. The molecule has 0 spiro atoms. The first-order valence-corrected chi connectivity index (χ1v) is 8.19. The van der Waals surface area contributed by atoms with Crippen LogP contribution >= 0.6 is 0 Å². The number of rotatable bonds is 3. The van der Waals surface area contributed by atoms with Crippen molar-refractivity contribution in [2.45, 2.75) is 38.5 Å². The normalized spacial score (nSPS) is 14.4. The maximum absolute atomic E-state index is 12.2. The van der Waals surface area contributed by atoms with Gasteiger partial charge in [-0.25, -0.2) is 13.1 Å². The number of hydrogen-bond acceptors (Lipinski definition) is 2. The van der Waals surface area contributed by atoms with Crippen molar-refractivity contribution in [3.8, 4) is 0 Å². The first-order chi connectivity index (χ1) is 9.21. The molecule has 0 saturated heterocycles. The Balaban J connectivity index is 2.30. The molecule has 0 aliphatic carbocycles. The second-order valence-electron chi connectivity index (χ2n) is 6.06. The Labute approximate surface area is 121 Å². The van der Waals surface area contributed by atoms with Gasteiger partial charge in [0.05, 0.1) is 4.75 Å². The van der Waals surface area contributed by atoms with Crippen molar-refractivity contribution in [2.24, 2.45) is 0 Å². The van der Waals surface area contributed by atoms with Gasteiger partial charge in [-0.2, -0.15) is 0 Å². The van der Waals surface area contributed by atoms with Crippen LogP contribution in [-0.2, 0) is 10.0 Å². The molecule has 1 unspecified atom stereocenters. The van der Waals surface area contributed by atoms with Crippen LogP contribution in [0.25, 0.3) is 10.8 Å². The molecule has 2 aromatic rings. The molecule has 1 N–H and O–H groups in total. The van der Waals surface area contributed by atoms with E-state index < -0.39 is 14.8 Å². The lowest BCUT2D eigenvalue weighted by atomic mass is 10.0. The molecule has 0 fully saturated rings. The summed E-state index contributed by atoms with van der Waals surface area (Å²) in [6, 6.07) is 13.8. The lowest BCUT2D eigenvalue weighted by molar-refractivity contribution is 0.532. The molecule has 108 valence electrons. The molecule has 20 heavy (non-hydrogen) atoms. The zero-order valence-corrected chi connectivity index (χ0v) is 13.2. The summed E-state index contributed by atoms with van der Waals surface area (Å²) in [6.45, 7) is 6.96. The highest BCUT2D eigenvalue weighted by atomic mass is 32.2. The van der Waals surface area contributed by atoms with Crippen LogP contribution in [0.3, 0.4) is 0 Å². The second-order valence-corrected chi connectivity index (χ2v) is 8.53. The number of nitrogens with one attached hydrogen (secondary N) is 1. The molecule has 0 saturated carbocycles. The highest BCUT2D eigenvalue weighted by Crippen LogP contribution is 2.23. The lowest BCUT2D eigenvalue weighted by Crippen LogP contribution is -2.40. The summed E-state index contributed by atoms with van der Waals surface area (Å²) in [5.74, 6) is 0. The Bertz CT molecular complexity index is 715. The van der Waals surface area contributed by atoms with Crippen LogP contribution in [0, 0.1) is 0 Å². The summed E-state index contributed by atoms with van der Waals surface area (Å²) in [5, 5.41) is 2.27. The summed E-state index contributed by atoms with van der Waals surface area (Å²) < 4.78 is 26.3. The van der Waals surface area contributed by atoms with Crippen LogP contribution in [0.4, 0.5) is 0 Å². The van der Waals surface area contributed by atoms with Crippen molar-refractivity contribution < 1.29 is 8.42 Å². The summed E-state index contributed by atoms with van der Waals surface area (Å²) in [4.78, 5) is 0. The van der Waals surface area contributed by atoms with E-state index in [9.17, 15) is 8.42 Å². The minimum absolute atomic E-state index is 0.246. The Morgan fingerprint density at radius 3 is 2.20 bits per heavy atom. The Hall–Kier alpha value is -1.39. The van der Waals surface area contributed by atoms with Crippen LogP contribution in [0.5, 0.6) is 0 Å². The summed E-state index contributed by atoms with van der Waals surface area (Å²) in [5.41, 5.74) is 0.969. The molecule has 0 radical (unpaired) electrons. The van der Waals surface area contributed by atoms with Crippen molar-refractivity contribution in [1.29, 1.82) is 0 Å². The molecule has 1 atom stereocenters. The van der Waals surface area contributed by atoms with Crippen molar-refractivity contribution in [2.75, 3.05) is 0 Å². The molecule has 2 rings (SSSR count). The molecule has 0 aliphatic heterocycles. The highest BCUT2D eigenvalue weighted by Gasteiger charge is 2.30. The van der Waals surface area contributed by atoms with E-state index in [-0.39, 0.29) is 6.04 Å². The van der Waals surface area contributed by atoms with Gasteiger partial charge in [0.25, 0.3) is 0 Å². The van der Waals surface area contributed by atoms with E-state index in [0.717, 1.165) is 16.3 Å². The molecule has 3 nitrogen and oxygen atoms in total. The van der Waals surface area contributed by atoms with Crippen molar-refractivity contribution in [1.82, 2.24) is 4.72 Å². The van der Waals surface area contributed by atoms with Crippen molar-refractivity contribution >= 4 is 20.8 Å². The van der Waals surface area contributed by atoms with Gasteiger partial charge in [0.1, 0.15) is 0 Å². The van der Waals surface area contributed by atoms with Gasteiger partial charge in [0, 0.05) is 6.04 Å². The first kappa shape index (κ1) is 15.0. The van der Waals surface area contributed by atoms with E-state index in [0.29, 0.717) is 0 Å². The third-order valence-electron chi connectivity index (χ3n) is 3.41. The molecular weight excluding hydrogens is 270 g/mol. The van der Waals surface area contributed by atoms with Gasteiger partial charge in [-0.05, 0) is 50.1 Å². The van der Waals surface area contributed by atoms with Crippen LogP contribution in [0.15, 0.2) is 42.5 Å². The number of fused-ring (bicyclic) bond motifs is 1. The zero-order chi connectivity index (χ0) is 15.0. The third kappa shape index (κ3) is 3.02. The largest absolute Gasteiger partial charge is 0.217 e. The molecule has 0 heterocycles. The Kier molecular flexibility index (Phi) is 3.89. The van der Waals surface area contributed by atoms with Crippen LogP contribution in [-0.4, -0.2) is 13.2 Å². The van der Waals surface area contributed by atoms with Crippen LogP contribution in [0.1, 0.15) is 39.3 Å². The van der Waals surface area contributed by atoms with Gasteiger partial charge >= 0.3 is 0 Å². The van der Waals surface area contributed by atoms with E-state index in [1.54, 1.807) is 20.8 Å². The average molecular weight is 291 g/mol. The maximum Gasteiger partial charge on any atom is 0.217 e. The number of sulfonamides is 1. The Morgan fingerprint density at radius 2 is 1.60 bits per heavy atom. The topological polar surface area (TPSA) is 46.2 Å². The molecule has 0 aliphatic rings. The van der Waals surface area contributed by atoms with E-state index in [2.05, 4.69) is 4.72 Å². The number of hydrogen-bond donors (Lipinski definition) is 1. The van der Waals surface area contributed by atoms with Crippen molar-refractivity contribution in [3.63, 3.8) is 0 Å². The fourth-order valence-electron chi connectivity index (χ4n) is 1.95. The summed E-state index contributed by atoms with van der Waals surface area (Å²) in [7, 11) is -3.35. The molecule has 2 aromatic carbocycles. The maximum atomic E-state index is 12.2. The van der Waals surface area contributed by atoms with E-state index in [1.807, 2.05) is 49.4 Å². The number of benzene rings is 2. The van der Waals surface area contributed by atoms with E-state index >= 15 is 0 Å². The van der Waals surface area contributed by atoms with Crippen LogP contribution < -0.4 is 4.72 Å². The fourth-order valence-corrected chi connectivity index (χ4v) is 2.91. The van der Waals surface area contributed by atoms with Gasteiger partial charge in [0.15, 0.2) is 0 Å². The van der Waals surface area contributed by atoms with Gasteiger partial charge in [-0.3, -0.25) is 0 Å². The Morgan fingerprint density at radius 1 is 1.00 bits per heavy atom. The lowest BCUT2D eigenvalue weighted by Gasteiger charge is -2.23. The fraction of sp³-hybridized carbons (Fsp3) is 0.375. The zero-order valence-electron chi connectivity index (χ0n) is 12.3. The quantitative estimate of drug-likeness (QED) is 0.939. The minimum atomic E-state index is -3.35. The third-order valence-corrected chi connectivity index (χ3v) is 5.69. The van der Waals surface area contributed by atoms with Crippen molar-refractivity contribution in [3.05, 3.63) is 48.0 Å². The smallest absolute Gasteiger partial charge is 0.212 e.